The first kappa shape index (κ1) is 13.6. The van der Waals surface area contributed by atoms with E-state index in [0.717, 1.165) is 31.6 Å². The summed E-state index contributed by atoms with van der Waals surface area (Å²) in [6.45, 7) is 3.84. The van der Waals surface area contributed by atoms with E-state index in [9.17, 15) is 0 Å². The highest BCUT2D eigenvalue weighted by Gasteiger charge is 2.17. The molecule has 0 aliphatic carbocycles. The van der Waals surface area contributed by atoms with Crippen LogP contribution in [0.15, 0.2) is 6.07 Å². The van der Waals surface area contributed by atoms with E-state index in [1.165, 1.54) is 6.42 Å². The molecular weight excluding hydrogens is 270 g/mol. The Morgan fingerprint density at radius 3 is 2.67 bits per heavy atom. The van der Waals surface area contributed by atoms with Gasteiger partial charge in [-0.25, -0.2) is 0 Å². The van der Waals surface area contributed by atoms with Crippen molar-refractivity contribution in [2.75, 3.05) is 30.4 Å². The van der Waals surface area contributed by atoms with Gasteiger partial charge in [0.05, 0.1) is 0 Å². The molecular formula is C13H19N7O. The summed E-state index contributed by atoms with van der Waals surface area (Å²) in [5.74, 6) is 1.59. The van der Waals surface area contributed by atoms with E-state index >= 15 is 0 Å². The number of piperidine rings is 1. The molecule has 0 amide bonds. The number of H-pyrrole nitrogens is 1. The summed E-state index contributed by atoms with van der Waals surface area (Å²) in [5.41, 5.74) is 0.921. The number of ether oxygens (including phenoxy) is 1. The van der Waals surface area contributed by atoms with Gasteiger partial charge < -0.3 is 15.0 Å². The van der Waals surface area contributed by atoms with Crippen LogP contribution in [0.1, 0.15) is 25.0 Å². The minimum atomic E-state index is 0.251. The van der Waals surface area contributed by atoms with E-state index in [-0.39, 0.29) is 6.01 Å². The fraction of sp³-hybridized carbons (Fsp3) is 0.538. The van der Waals surface area contributed by atoms with Crippen molar-refractivity contribution in [1.29, 1.82) is 0 Å². The molecule has 3 rings (SSSR count). The van der Waals surface area contributed by atoms with E-state index in [1.54, 1.807) is 13.1 Å². The molecule has 2 aromatic heterocycles. The highest BCUT2D eigenvalue weighted by molar-refractivity contribution is 5.38. The number of aromatic amines is 1. The molecule has 0 atom stereocenters. The molecule has 112 valence electrons. The lowest BCUT2D eigenvalue weighted by atomic mass is 10.1. The highest BCUT2D eigenvalue weighted by atomic mass is 16.5. The van der Waals surface area contributed by atoms with E-state index in [2.05, 4.69) is 35.4 Å². The molecule has 1 aliphatic rings. The largest absolute Gasteiger partial charge is 0.403 e. The topological polar surface area (TPSA) is 91.8 Å². The van der Waals surface area contributed by atoms with Crippen molar-refractivity contribution in [3.05, 3.63) is 11.8 Å². The zero-order valence-electron chi connectivity index (χ0n) is 12.3. The maximum Gasteiger partial charge on any atom is 0.330 e. The van der Waals surface area contributed by atoms with Crippen LogP contribution in [0.5, 0.6) is 11.9 Å². The fourth-order valence-electron chi connectivity index (χ4n) is 2.28. The van der Waals surface area contributed by atoms with Gasteiger partial charge in [0, 0.05) is 31.9 Å². The van der Waals surface area contributed by atoms with Gasteiger partial charge in [-0.1, -0.05) is 0 Å². The molecule has 0 spiro atoms. The lowest BCUT2D eigenvalue weighted by Gasteiger charge is -2.26. The Kier molecular flexibility index (Phi) is 3.85. The first-order chi connectivity index (χ1) is 10.2. The molecule has 8 nitrogen and oxygen atoms in total. The molecule has 8 heteroatoms. The Bertz CT molecular complexity index is 606. The van der Waals surface area contributed by atoms with Crippen LogP contribution in [0.3, 0.4) is 0 Å². The van der Waals surface area contributed by atoms with Crippen molar-refractivity contribution >= 4 is 11.9 Å². The molecule has 2 N–H and O–H groups in total. The third-order valence-electron chi connectivity index (χ3n) is 3.34. The summed E-state index contributed by atoms with van der Waals surface area (Å²) in [6, 6.07) is 2.05. The number of rotatable bonds is 4. The van der Waals surface area contributed by atoms with E-state index < -0.39 is 0 Å². The lowest BCUT2D eigenvalue weighted by Crippen LogP contribution is -2.31. The van der Waals surface area contributed by atoms with Crippen molar-refractivity contribution in [1.82, 2.24) is 25.1 Å². The minimum Gasteiger partial charge on any atom is -0.403 e. The van der Waals surface area contributed by atoms with E-state index in [0.29, 0.717) is 17.8 Å². The van der Waals surface area contributed by atoms with Gasteiger partial charge >= 0.3 is 6.01 Å². The number of aromatic nitrogens is 5. The molecule has 21 heavy (non-hydrogen) atoms. The zero-order chi connectivity index (χ0) is 14.7. The van der Waals surface area contributed by atoms with Gasteiger partial charge in [-0.05, 0) is 26.2 Å². The normalized spacial score (nSPS) is 15.0. The standard InChI is InChI=1S/C13H19N7O/c1-9-8-10(19-18-9)21-13-16-11(14-2)15-12(17-13)20-6-4-3-5-7-20/h8H,3-7H2,1-2H3,(H,18,19)(H,14,15,16,17). The third-order valence-corrected chi connectivity index (χ3v) is 3.34. The number of nitrogens with one attached hydrogen (secondary N) is 2. The second kappa shape index (κ2) is 5.94. The molecule has 1 saturated heterocycles. The van der Waals surface area contributed by atoms with Crippen LogP contribution in [-0.2, 0) is 0 Å². The summed E-state index contributed by atoms with van der Waals surface area (Å²) in [5, 5.41) is 9.79. The van der Waals surface area contributed by atoms with E-state index in [4.69, 9.17) is 4.74 Å². The average molecular weight is 289 g/mol. The second-order valence-electron chi connectivity index (χ2n) is 5.03. The maximum absolute atomic E-state index is 5.60. The Hall–Kier alpha value is -2.38. The lowest BCUT2D eigenvalue weighted by molar-refractivity contribution is 0.421. The number of hydrogen-bond acceptors (Lipinski definition) is 7. The summed E-state index contributed by atoms with van der Waals surface area (Å²) >= 11 is 0. The summed E-state index contributed by atoms with van der Waals surface area (Å²) in [6.07, 6.45) is 3.58. The third kappa shape index (κ3) is 3.21. The number of hydrogen-bond donors (Lipinski definition) is 2. The van der Waals surface area contributed by atoms with Gasteiger partial charge in [-0.2, -0.15) is 15.0 Å². The van der Waals surface area contributed by atoms with Crippen LogP contribution in [0.2, 0.25) is 0 Å². The maximum atomic E-state index is 5.60. The first-order valence-corrected chi connectivity index (χ1v) is 7.13. The zero-order valence-corrected chi connectivity index (χ0v) is 12.3. The van der Waals surface area contributed by atoms with Crippen molar-refractivity contribution < 1.29 is 4.74 Å². The second-order valence-corrected chi connectivity index (χ2v) is 5.03. The van der Waals surface area contributed by atoms with Gasteiger partial charge in [-0.15, -0.1) is 5.10 Å². The Morgan fingerprint density at radius 1 is 1.19 bits per heavy atom. The summed E-state index contributed by atoms with van der Waals surface area (Å²) in [7, 11) is 1.78. The van der Waals surface area contributed by atoms with Gasteiger partial charge in [0.15, 0.2) is 0 Å². The molecule has 1 fully saturated rings. The first-order valence-electron chi connectivity index (χ1n) is 7.13. The van der Waals surface area contributed by atoms with Gasteiger partial charge in [0.1, 0.15) is 0 Å². The Labute approximate surface area is 123 Å². The SMILES string of the molecule is CNc1nc(Oc2cc(C)[nH]n2)nc(N2CCCCC2)n1. The van der Waals surface area contributed by atoms with Crippen LogP contribution in [-0.4, -0.2) is 45.3 Å². The predicted molar refractivity (Wildman–Crippen MR) is 78.8 cm³/mol. The molecule has 2 aromatic rings. The van der Waals surface area contributed by atoms with Crippen LogP contribution in [0, 0.1) is 6.92 Å². The fourth-order valence-corrected chi connectivity index (χ4v) is 2.28. The van der Waals surface area contributed by atoms with Gasteiger partial charge in [0.25, 0.3) is 0 Å². The van der Waals surface area contributed by atoms with Crippen molar-refractivity contribution in [2.24, 2.45) is 0 Å². The van der Waals surface area contributed by atoms with E-state index in [1.807, 2.05) is 6.92 Å². The summed E-state index contributed by atoms with van der Waals surface area (Å²) in [4.78, 5) is 15.2. The average Bonchev–Trinajstić information content (AvgIpc) is 2.93. The Morgan fingerprint density at radius 2 is 2.00 bits per heavy atom. The van der Waals surface area contributed by atoms with Crippen molar-refractivity contribution in [3.63, 3.8) is 0 Å². The van der Waals surface area contributed by atoms with Crippen LogP contribution >= 0.6 is 0 Å². The van der Waals surface area contributed by atoms with Crippen LogP contribution in [0.4, 0.5) is 11.9 Å². The van der Waals surface area contributed by atoms with Crippen LogP contribution in [0.25, 0.3) is 0 Å². The monoisotopic (exact) mass is 289 g/mol. The number of nitrogens with zero attached hydrogens (tertiary/aromatic N) is 5. The van der Waals surface area contributed by atoms with Crippen molar-refractivity contribution in [2.45, 2.75) is 26.2 Å². The molecule has 0 radical (unpaired) electrons. The predicted octanol–water partition coefficient (Wildman–Crippen LogP) is 1.73. The van der Waals surface area contributed by atoms with Gasteiger partial charge in [-0.3, -0.25) is 5.10 Å². The molecule has 0 unspecified atom stereocenters. The number of anilines is 2. The quantitative estimate of drug-likeness (QED) is 0.885. The molecule has 0 aromatic carbocycles. The Balaban J connectivity index is 1.85. The molecule has 0 saturated carbocycles. The molecule has 1 aliphatic heterocycles. The van der Waals surface area contributed by atoms with Crippen LogP contribution < -0.4 is 15.0 Å². The van der Waals surface area contributed by atoms with Crippen molar-refractivity contribution in [3.8, 4) is 11.9 Å². The molecule has 0 bridgehead atoms. The highest BCUT2D eigenvalue weighted by Crippen LogP contribution is 2.22. The molecule has 3 heterocycles. The summed E-state index contributed by atoms with van der Waals surface area (Å²) < 4.78 is 5.60. The van der Waals surface area contributed by atoms with Gasteiger partial charge in [0.2, 0.25) is 17.8 Å². The minimum absolute atomic E-state index is 0.251. The smallest absolute Gasteiger partial charge is 0.330 e. The number of aryl methyl sites for hydroxylation is 1.